The molecule has 0 aliphatic heterocycles. The number of carbonyl (C=O) groups excluding carboxylic acids is 2. The minimum atomic E-state index is -0.283. The van der Waals surface area contributed by atoms with E-state index in [1.807, 2.05) is 13.8 Å². The molecule has 0 bridgehead atoms. The van der Waals surface area contributed by atoms with E-state index in [1.54, 1.807) is 30.1 Å². The number of amides is 2. The maximum Gasteiger partial charge on any atom is 0.238 e. The topological polar surface area (TPSA) is 61.4 Å². The van der Waals surface area contributed by atoms with Crippen molar-refractivity contribution >= 4 is 40.7 Å². The van der Waals surface area contributed by atoms with Crippen molar-refractivity contribution in [3.05, 3.63) is 28.2 Å². The van der Waals surface area contributed by atoms with E-state index in [1.165, 1.54) is 0 Å². The highest BCUT2D eigenvalue weighted by molar-refractivity contribution is 6.39. The molecule has 0 aromatic heterocycles. The average Bonchev–Trinajstić information content (AvgIpc) is 2.42. The summed E-state index contributed by atoms with van der Waals surface area (Å²) in [6.45, 7) is 4.14. The zero-order chi connectivity index (χ0) is 16.7. The summed E-state index contributed by atoms with van der Waals surface area (Å²) in [6, 6.07) is 5.11. The van der Waals surface area contributed by atoms with Gasteiger partial charge in [-0.05, 0) is 32.5 Å². The van der Waals surface area contributed by atoms with Crippen LogP contribution in [0.2, 0.25) is 10.0 Å². The van der Waals surface area contributed by atoms with Gasteiger partial charge in [0.15, 0.2) is 0 Å². The fraction of sp³-hybridized carbons (Fsp3) is 0.467. The Labute approximate surface area is 141 Å². The highest BCUT2D eigenvalue weighted by atomic mass is 35.5. The van der Waals surface area contributed by atoms with Crippen molar-refractivity contribution in [2.24, 2.45) is 0 Å². The number of rotatable bonds is 7. The first-order valence-electron chi connectivity index (χ1n) is 7.05. The van der Waals surface area contributed by atoms with Crippen LogP contribution in [0.25, 0.3) is 0 Å². The molecule has 2 N–H and O–H groups in total. The Kier molecular flexibility index (Phi) is 7.65. The highest BCUT2D eigenvalue weighted by Gasteiger charge is 2.14. The van der Waals surface area contributed by atoms with Gasteiger partial charge < -0.3 is 10.6 Å². The lowest BCUT2D eigenvalue weighted by Gasteiger charge is -2.18. The molecule has 1 atom stereocenters. The molecule has 0 spiro atoms. The molecule has 1 rings (SSSR count). The lowest BCUT2D eigenvalue weighted by Crippen LogP contribution is -2.41. The predicted molar refractivity (Wildman–Crippen MR) is 90.5 cm³/mol. The average molecular weight is 346 g/mol. The molecule has 1 aromatic carbocycles. The molecule has 1 aromatic rings. The Balaban J connectivity index is 2.49. The van der Waals surface area contributed by atoms with E-state index in [4.69, 9.17) is 23.2 Å². The summed E-state index contributed by atoms with van der Waals surface area (Å²) in [6.07, 6.45) is 0.862. The van der Waals surface area contributed by atoms with Crippen LogP contribution in [0.15, 0.2) is 18.2 Å². The van der Waals surface area contributed by atoms with Crippen molar-refractivity contribution in [1.82, 2.24) is 10.2 Å². The molecule has 0 aliphatic rings. The second-order valence-corrected chi connectivity index (χ2v) is 6.01. The fourth-order valence-corrected chi connectivity index (χ4v) is 2.26. The molecule has 22 heavy (non-hydrogen) atoms. The van der Waals surface area contributed by atoms with Gasteiger partial charge in [-0.3, -0.25) is 14.5 Å². The molecule has 7 heteroatoms. The van der Waals surface area contributed by atoms with Crippen LogP contribution in [0.3, 0.4) is 0 Å². The monoisotopic (exact) mass is 345 g/mol. The Morgan fingerprint density at radius 2 is 1.73 bits per heavy atom. The van der Waals surface area contributed by atoms with E-state index in [2.05, 4.69) is 10.6 Å². The molecule has 0 unspecified atom stereocenters. The van der Waals surface area contributed by atoms with Gasteiger partial charge in [0.1, 0.15) is 0 Å². The molecule has 5 nitrogen and oxygen atoms in total. The van der Waals surface area contributed by atoms with Gasteiger partial charge in [0.25, 0.3) is 0 Å². The number of likely N-dealkylation sites (N-methyl/N-ethyl adjacent to an activating group) is 1. The van der Waals surface area contributed by atoms with E-state index < -0.39 is 0 Å². The lowest BCUT2D eigenvalue weighted by atomic mass is 10.2. The van der Waals surface area contributed by atoms with Crippen LogP contribution in [0.1, 0.15) is 20.3 Å². The molecular weight excluding hydrogens is 325 g/mol. The van der Waals surface area contributed by atoms with Crippen LogP contribution in [0.5, 0.6) is 0 Å². The van der Waals surface area contributed by atoms with E-state index in [0.29, 0.717) is 15.7 Å². The van der Waals surface area contributed by atoms with E-state index >= 15 is 0 Å². The molecule has 0 fully saturated rings. The number of benzene rings is 1. The summed E-state index contributed by atoms with van der Waals surface area (Å²) in [5, 5.41) is 6.25. The Bertz CT molecular complexity index is 517. The second-order valence-electron chi connectivity index (χ2n) is 5.19. The third kappa shape index (κ3) is 6.22. The van der Waals surface area contributed by atoms with Gasteiger partial charge in [0, 0.05) is 6.04 Å². The van der Waals surface area contributed by atoms with Gasteiger partial charge in [-0.2, -0.15) is 0 Å². The van der Waals surface area contributed by atoms with E-state index in [9.17, 15) is 9.59 Å². The number of carbonyl (C=O) groups is 2. The van der Waals surface area contributed by atoms with Crippen molar-refractivity contribution in [1.29, 1.82) is 0 Å². The number of halogens is 2. The van der Waals surface area contributed by atoms with Crippen LogP contribution in [-0.4, -0.2) is 42.9 Å². The van der Waals surface area contributed by atoms with Gasteiger partial charge in [-0.25, -0.2) is 0 Å². The molecule has 0 aliphatic carbocycles. The predicted octanol–water partition coefficient (Wildman–Crippen LogP) is 2.78. The second kappa shape index (κ2) is 8.98. The summed E-state index contributed by atoms with van der Waals surface area (Å²) in [5.41, 5.74) is 0.383. The quantitative estimate of drug-likeness (QED) is 0.798. The first kappa shape index (κ1) is 18.7. The van der Waals surface area contributed by atoms with Gasteiger partial charge in [-0.1, -0.05) is 36.2 Å². The van der Waals surface area contributed by atoms with Crippen LogP contribution < -0.4 is 10.6 Å². The summed E-state index contributed by atoms with van der Waals surface area (Å²) in [4.78, 5) is 25.4. The summed E-state index contributed by atoms with van der Waals surface area (Å²) < 4.78 is 0. The lowest BCUT2D eigenvalue weighted by molar-refractivity contribution is -0.123. The van der Waals surface area contributed by atoms with Crippen LogP contribution in [0.4, 0.5) is 5.69 Å². The van der Waals surface area contributed by atoms with Gasteiger partial charge in [0.05, 0.1) is 28.8 Å². The number of nitrogens with zero attached hydrogens (tertiary/aromatic N) is 1. The first-order valence-corrected chi connectivity index (χ1v) is 7.80. The Morgan fingerprint density at radius 3 is 2.27 bits per heavy atom. The fourth-order valence-electron chi connectivity index (χ4n) is 1.76. The van der Waals surface area contributed by atoms with Gasteiger partial charge >= 0.3 is 0 Å². The smallest absolute Gasteiger partial charge is 0.238 e. The minimum Gasteiger partial charge on any atom is -0.353 e. The van der Waals surface area contributed by atoms with Crippen molar-refractivity contribution in [2.75, 3.05) is 25.5 Å². The molecule has 2 amide bonds. The molecule has 0 saturated heterocycles. The number of para-hydroxylation sites is 1. The van der Waals surface area contributed by atoms with E-state index in [0.717, 1.165) is 6.42 Å². The van der Waals surface area contributed by atoms with Gasteiger partial charge in [0.2, 0.25) is 11.8 Å². The van der Waals surface area contributed by atoms with Crippen molar-refractivity contribution in [3.8, 4) is 0 Å². The van der Waals surface area contributed by atoms with Crippen molar-refractivity contribution in [3.63, 3.8) is 0 Å². The highest BCUT2D eigenvalue weighted by Crippen LogP contribution is 2.29. The molecule has 0 heterocycles. The maximum absolute atomic E-state index is 12.0. The largest absolute Gasteiger partial charge is 0.353 e. The summed E-state index contributed by atoms with van der Waals surface area (Å²) in [5.74, 6) is -0.394. The number of hydrogen-bond donors (Lipinski definition) is 2. The Morgan fingerprint density at radius 1 is 1.18 bits per heavy atom. The zero-order valence-corrected chi connectivity index (χ0v) is 14.5. The summed E-state index contributed by atoms with van der Waals surface area (Å²) >= 11 is 12.0. The van der Waals surface area contributed by atoms with E-state index in [-0.39, 0.29) is 30.9 Å². The third-order valence-corrected chi connectivity index (χ3v) is 3.70. The van der Waals surface area contributed by atoms with Crippen LogP contribution >= 0.6 is 23.2 Å². The Hall–Kier alpha value is -1.30. The zero-order valence-electron chi connectivity index (χ0n) is 13.0. The van der Waals surface area contributed by atoms with Crippen molar-refractivity contribution in [2.45, 2.75) is 26.3 Å². The number of hydrogen-bond acceptors (Lipinski definition) is 3. The maximum atomic E-state index is 12.0. The van der Waals surface area contributed by atoms with Crippen LogP contribution in [-0.2, 0) is 9.59 Å². The molecule has 122 valence electrons. The summed E-state index contributed by atoms with van der Waals surface area (Å²) in [7, 11) is 1.70. The minimum absolute atomic E-state index is 0.0650. The normalized spacial score (nSPS) is 12.1. The number of anilines is 1. The standard InChI is InChI=1S/C15H21Cl2N3O2/c1-4-10(2)18-13(21)8-20(3)9-14(22)19-15-11(16)6-5-7-12(15)17/h5-7,10H,4,8-9H2,1-3H3,(H,18,21)(H,19,22)/t10-/m1/s1. The SMILES string of the molecule is CC[C@@H](C)NC(=O)CN(C)CC(=O)Nc1c(Cl)cccc1Cl. The first-order chi connectivity index (χ1) is 10.3. The van der Waals surface area contributed by atoms with Crippen LogP contribution in [0, 0.1) is 0 Å². The molecule has 0 saturated carbocycles. The van der Waals surface area contributed by atoms with Gasteiger partial charge in [-0.15, -0.1) is 0 Å². The molecule has 0 radical (unpaired) electrons. The third-order valence-electron chi connectivity index (χ3n) is 3.07. The van der Waals surface area contributed by atoms with Crippen molar-refractivity contribution < 1.29 is 9.59 Å². The molecular formula is C15H21Cl2N3O2. The number of nitrogens with one attached hydrogen (secondary N) is 2.